The van der Waals surface area contributed by atoms with Crippen molar-refractivity contribution in [1.29, 1.82) is 0 Å². The van der Waals surface area contributed by atoms with E-state index in [-0.39, 0.29) is 35.2 Å². The molecule has 5 N–H and O–H groups in total. The molecule has 0 radical (unpaired) electrons. The molecule has 0 saturated carbocycles. The molecular formula is C43H44F2N8O5. The molecule has 58 heavy (non-hydrogen) atoms. The first-order valence-corrected chi connectivity index (χ1v) is 19.5. The van der Waals surface area contributed by atoms with E-state index in [1.807, 2.05) is 6.07 Å². The highest BCUT2D eigenvalue weighted by Crippen LogP contribution is 2.35. The Bertz CT molecular complexity index is 2430. The number of rotatable bonds is 8. The van der Waals surface area contributed by atoms with Crippen molar-refractivity contribution in [2.75, 3.05) is 62.3 Å². The fourth-order valence-corrected chi connectivity index (χ4v) is 7.65. The van der Waals surface area contributed by atoms with Crippen molar-refractivity contribution in [1.82, 2.24) is 25.3 Å². The number of phenolic OH excluding ortho intramolecular Hbond substituents is 2. The lowest BCUT2D eigenvalue weighted by molar-refractivity contribution is 0.0825. The second-order valence-electron chi connectivity index (χ2n) is 14.8. The van der Waals surface area contributed by atoms with Gasteiger partial charge in [0.15, 0.2) is 11.6 Å². The van der Waals surface area contributed by atoms with Gasteiger partial charge >= 0.3 is 6.09 Å². The first kappa shape index (κ1) is 38.7. The summed E-state index contributed by atoms with van der Waals surface area (Å²) in [5.41, 5.74) is 8.13. The summed E-state index contributed by atoms with van der Waals surface area (Å²) in [6.45, 7) is 5.14. The summed E-state index contributed by atoms with van der Waals surface area (Å²) >= 11 is 0. The Morgan fingerprint density at radius 2 is 1.29 bits per heavy atom. The summed E-state index contributed by atoms with van der Waals surface area (Å²) in [4.78, 5) is 34.7. The van der Waals surface area contributed by atoms with E-state index in [2.05, 4.69) is 30.1 Å². The van der Waals surface area contributed by atoms with Gasteiger partial charge in [-0.25, -0.2) is 33.5 Å². The van der Waals surface area contributed by atoms with Crippen molar-refractivity contribution in [2.45, 2.75) is 25.4 Å². The van der Waals surface area contributed by atoms with Crippen LogP contribution in [0, 0.1) is 23.5 Å². The Kier molecular flexibility index (Phi) is 11.4. The minimum Gasteiger partial charge on any atom is -0.507 e. The first-order valence-electron chi connectivity index (χ1n) is 19.5. The lowest BCUT2D eigenvalue weighted by Crippen LogP contribution is -2.34. The predicted octanol–water partition coefficient (Wildman–Crippen LogP) is 6.41. The quantitative estimate of drug-likeness (QED) is 0.134. The van der Waals surface area contributed by atoms with Gasteiger partial charge in [-0.3, -0.25) is 0 Å². The topological polar surface area (TPSA) is 172 Å². The van der Waals surface area contributed by atoms with Crippen molar-refractivity contribution >= 4 is 39.5 Å². The van der Waals surface area contributed by atoms with E-state index in [4.69, 9.17) is 20.2 Å². The van der Waals surface area contributed by atoms with Gasteiger partial charge in [0.25, 0.3) is 0 Å². The number of anilines is 2. The van der Waals surface area contributed by atoms with Gasteiger partial charge in [-0.1, -0.05) is 24.3 Å². The summed E-state index contributed by atoms with van der Waals surface area (Å²) in [7, 11) is 0. The van der Waals surface area contributed by atoms with E-state index in [0.717, 1.165) is 32.4 Å². The van der Waals surface area contributed by atoms with Crippen LogP contribution in [0.2, 0.25) is 0 Å². The van der Waals surface area contributed by atoms with Gasteiger partial charge in [-0.2, -0.15) is 0 Å². The number of alkyl carbamates (subject to hydrolysis) is 1. The molecule has 6 aromatic rings. The van der Waals surface area contributed by atoms with E-state index in [1.165, 1.54) is 24.3 Å². The van der Waals surface area contributed by atoms with E-state index in [0.29, 0.717) is 102 Å². The van der Waals surface area contributed by atoms with Crippen molar-refractivity contribution in [3.8, 4) is 34.3 Å². The number of phenols is 2. The second-order valence-corrected chi connectivity index (χ2v) is 14.8. The normalized spacial score (nSPS) is 19.1. The molecule has 3 aliphatic rings. The molecule has 3 atom stereocenters. The average molecular weight is 791 g/mol. The van der Waals surface area contributed by atoms with Gasteiger partial charge < -0.3 is 40.5 Å². The van der Waals surface area contributed by atoms with Crippen molar-refractivity contribution in [3.63, 3.8) is 0 Å². The number of halogens is 2. The van der Waals surface area contributed by atoms with Crippen LogP contribution in [0.5, 0.6) is 11.5 Å². The number of hydrogen-bond acceptors (Lipinski definition) is 12. The van der Waals surface area contributed by atoms with Crippen molar-refractivity contribution < 1.29 is 33.3 Å². The van der Waals surface area contributed by atoms with Crippen LogP contribution in [0.1, 0.15) is 19.3 Å². The lowest BCUT2D eigenvalue weighted by Gasteiger charge is -2.21. The number of hydrogen-bond donors (Lipinski definition) is 4. The van der Waals surface area contributed by atoms with Gasteiger partial charge in [-0.15, -0.1) is 0 Å². The number of nitrogens with one attached hydrogen (secondary N) is 1. The van der Waals surface area contributed by atoms with Crippen LogP contribution in [0.4, 0.5) is 25.2 Å². The molecule has 4 aromatic carbocycles. The molecule has 15 heteroatoms. The number of ether oxygens (including phenoxy) is 2. The minimum atomic E-state index is -0.430. The molecule has 300 valence electrons. The lowest BCUT2D eigenvalue weighted by atomic mass is 10.1. The fraction of sp³-hybridized carbons (Fsp3) is 0.326. The smallest absolute Gasteiger partial charge is 0.407 e. The van der Waals surface area contributed by atoms with E-state index in [1.54, 1.807) is 54.6 Å². The van der Waals surface area contributed by atoms with Crippen molar-refractivity contribution in [2.24, 2.45) is 17.6 Å². The number of carbonyl (C=O) groups is 1. The van der Waals surface area contributed by atoms with Gasteiger partial charge in [-0.05, 0) is 91.9 Å². The monoisotopic (exact) mass is 790 g/mol. The third-order valence-electron chi connectivity index (χ3n) is 10.8. The van der Waals surface area contributed by atoms with Crippen molar-refractivity contribution in [3.05, 3.63) is 96.6 Å². The predicted molar refractivity (Wildman–Crippen MR) is 217 cm³/mol. The molecule has 3 fully saturated rings. The highest BCUT2D eigenvalue weighted by Gasteiger charge is 2.28. The number of aromatic nitrogens is 4. The summed E-state index contributed by atoms with van der Waals surface area (Å²) in [5.74, 6) is 2.26. The zero-order valence-corrected chi connectivity index (χ0v) is 31.7. The second kappa shape index (κ2) is 17.1. The first-order chi connectivity index (χ1) is 28.2. The Morgan fingerprint density at radius 1 is 0.759 bits per heavy atom. The van der Waals surface area contributed by atoms with Crippen LogP contribution in [-0.4, -0.2) is 94.8 Å². The molecule has 5 heterocycles. The minimum absolute atomic E-state index is 0.0829. The number of benzene rings is 4. The van der Waals surface area contributed by atoms with Gasteiger partial charge in [0.1, 0.15) is 40.9 Å². The van der Waals surface area contributed by atoms with E-state index < -0.39 is 6.09 Å². The number of para-hydroxylation sites is 2. The zero-order valence-electron chi connectivity index (χ0n) is 31.7. The van der Waals surface area contributed by atoms with Gasteiger partial charge in [0, 0.05) is 49.9 Å². The molecule has 9 rings (SSSR count). The maximum Gasteiger partial charge on any atom is 0.407 e. The molecule has 0 bridgehead atoms. The molecule has 3 saturated heterocycles. The molecule has 13 nitrogen and oxygen atoms in total. The number of amides is 1. The average Bonchev–Trinajstić information content (AvgIpc) is 4.04. The maximum atomic E-state index is 14.1. The van der Waals surface area contributed by atoms with Crippen LogP contribution in [0.15, 0.2) is 84.9 Å². The number of aromatic hydroxyl groups is 2. The molecular weight excluding hydrogens is 747 g/mol. The number of fused-ring (bicyclic) bond motifs is 2. The molecule has 0 spiro atoms. The molecule has 2 aromatic heterocycles. The SMILES string of the molecule is NC[C@@H]1CCN(c2nc(-c3ccccc3O)nc3ccc(F)cc23)C1.O=C(NC[C@@H]1CCN(c2nc(-c3ccccc3O)nc3ccc(F)cc23)C1)O[C@H]1CCOC1. The number of nitrogens with two attached hydrogens (primary N) is 1. The Labute approximate surface area is 333 Å². The zero-order chi connectivity index (χ0) is 40.2. The van der Waals surface area contributed by atoms with Gasteiger partial charge in [0.2, 0.25) is 0 Å². The summed E-state index contributed by atoms with van der Waals surface area (Å²) in [6, 6.07) is 22.8. The molecule has 0 unspecified atom stereocenters. The Hall–Kier alpha value is -6.19. The number of carbonyl (C=O) groups excluding carboxylic acids is 1. The largest absolute Gasteiger partial charge is 0.507 e. The van der Waals surface area contributed by atoms with Crippen LogP contribution in [-0.2, 0) is 9.47 Å². The fourth-order valence-electron chi connectivity index (χ4n) is 7.65. The third kappa shape index (κ3) is 8.55. The summed E-state index contributed by atoms with van der Waals surface area (Å²) < 4.78 is 38.4. The third-order valence-corrected chi connectivity index (χ3v) is 10.8. The Balaban J connectivity index is 0.000000168. The molecule has 0 aliphatic carbocycles. The maximum absolute atomic E-state index is 14.1. The van der Waals surface area contributed by atoms with Crippen LogP contribution in [0.3, 0.4) is 0 Å². The summed E-state index contributed by atoms with van der Waals surface area (Å²) in [5, 5.41) is 24.6. The van der Waals surface area contributed by atoms with Crippen LogP contribution < -0.4 is 20.9 Å². The molecule has 3 aliphatic heterocycles. The standard InChI is InChI=1S/C24H25FN4O4.C19H19FN4O/c25-16-5-6-20-19(11-16)23(28-22(27-20)18-3-1-2-4-21(18)30)29-9-7-15(13-29)12-26-24(31)33-17-8-10-32-14-17;20-13-5-6-16-15(9-13)19(24-8-7-12(10-21)11-24)23-18(22-16)14-3-1-2-4-17(14)25/h1-6,11,15,17,30H,7-10,12-14H2,(H,26,31);1-6,9,12,25H,7-8,10-11,21H2/t15-,17-;12-/m00/s1. The van der Waals surface area contributed by atoms with E-state index >= 15 is 0 Å². The highest BCUT2D eigenvalue weighted by molar-refractivity contribution is 5.92. The van der Waals surface area contributed by atoms with E-state index in [9.17, 15) is 23.8 Å². The van der Waals surface area contributed by atoms with Gasteiger partial charge in [0.05, 0.1) is 35.4 Å². The number of nitrogens with zero attached hydrogens (tertiary/aromatic N) is 6. The summed E-state index contributed by atoms with van der Waals surface area (Å²) in [6.07, 6.45) is 1.95. The highest BCUT2D eigenvalue weighted by atomic mass is 19.1. The Morgan fingerprint density at radius 3 is 1.79 bits per heavy atom. The van der Waals surface area contributed by atoms with Crippen LogP contribution in [0.25, 0.3) is 44.6 Å². The van der Waals surface area contributed by atoms with Crippen LogP contribution >= 0.6 is 0 Å². The molecule has 1 amide bonds.